The molecule has 0 spiro atoms. The molecule has 11 nitrogen and oxygen atoms in total. The molecule has 2 aromatic carbocycles. The number of non-ortho nitro benzene ring substituents is 1. The number of rotatable bonds is 6. The summed E-state index contributed by atoms with van der Waals surface area (Å²) in [6, 6.07) is 10.4. The molecular weight excluding hydrogens is 478 g/mol. The van der Waals surface area contributed by atoms with Gasteiger partial charge in [-0.15, -0.1) is 0 Å². The van der Waals surface area contributed by atoms with Crippen LogP contribution >= 0.6 is 0 Å². The van der Waals surface area contributed by atoms with Gasteiger partial charge in [-0.3, -0.25) is 29.9 Å². The van der Waals surface area contributed by atoms with Crippen LogP contribution in [0.25, 0.3) is 6.08 Å². The third kappa shape index (κ3) is 5.58. The van der Waals surface area contributed by atoms with Crippen molar-refractivity contribution in [1.82, 2.24) is 10.2 Å². The van der Waals surface area contributed by atoms with E-state index in [-0.39, 0.29) is 30.2 Å². The van der Waals surface area contributed by atoms with Crippen LogP contribution in [0.4, 0.5) is 16.2 Å². The van der Waals surface area contributed by atoms with Crippen molar-refractivity contribution in [3.63, 3.8) is 0 Å². The predicted octanol–water partition coefficient (Wildman–Crippen LogP) is -2.35. The molecule has 0 bridgehead atoms. The molecule has 4 amide bonds. The maximum Gasteiger partial charge on any atom is 0.331 e. The van der Waals surface area contributed by atoms with Gasteiger partial charge in [0, 0.05) is 23.4 Å². The van der Waals surface area contributed by atoms with Gasteiger partial charge in [0.15, 0.2) is 0 Å². The lowest BCUT2D eigenvalue weighted by Crippen LogP contribution is -3.00. The highest BCUT2D eigenvalue weighted by molar-refractivity contribution is 6.31. The smallest absolute Gasteiger partial charge is 0.331 e. The lowest BCUT2D eigenvalue weighted by Gasteiger charge is -2.29. The molecule has 0 atom stereocenters. The molecule has 2 aliphatic heterocycles. The number of nitro benzene ring substituents is 1. The highest BCUT2D eigenvalue weighted by Gasteiger charge is 2.36. The molecule has 0 aliphatic carbocycles. The average Bonchev–Trinajstić information content (AvgIpc) is 2.85. The van der Waals surface area contributed by atoms with Gasteiger partial charge in [-0.25, -0.2) is 4.79 Å². The highest BCUT2D eigenvalue weighted by Crippen LogP contribution is 2.29. The normalized spacial score (nSPS) is 17.2. The molecule has 2 aromatic rings. The Morgan fingerprint density at radius 2 is 1.80 bits per heavy atom. The lowest BCUT2D eigenvalue weighted by molar-refractivity contribution is -0.655. The molecule has 2 heterocycles. The van der Waals surface area contributed by atoms with Crippen LogP contribution in [-0.4, -0.2) is 61.0 Å². The average molecular weight is 502 g/mol. The summed E-state index contributed by atoms with van der Waals surface area (Å²) in [5, 5.41) is 15.7. The standard InChI is InChI=1S/C23H23N5O6.ClH/c1-34-18-5-2-15(3-6-18)14-27-22(30)19(21(29)25-23(27)31)13-16-12-17(28(32)33)4-7-20(16)26-10-8-24-9-11-26;/h2-7,12-13,24H,8-11,14H2,1H3,(H,25,29,31);1H/b19-13-;. The number of anilines is 1. The van der Waals surface area contributed by atoms with Crippen molar-refractivity contribution in [3.05, 3.63) is 69.3 Å². The summed E-state index contributed by atoms with van der Waals surface area (Å²) in [6.07, 6.45) is 1.33. The van der Waals surface area contributed by atoms with Gasteiger partial charge in [-0.2, -0.15) is 0 Å². The van der Waals surface area contributed by atoms with Gasteiger partial charge >= 0.3 is 6.03 Å². The first-order valence-corrected chi connectivity index (χ1v) is 10.7. The molecule has 12 heteroatoms. The Hall–Kier alpha value is -3.96. The van der Waals surface area contributed by atoms with Gasteiger partial charge < -0.3 is 27.4 Å². The van der Waals surface area contributed by atoms with E-state index in [9.17, 15) is 24.5 Å². The van der Waals surface area contributed by atoms with Crippen LogP contribution in [0.3, 0.4) is 0 Å². The number of quaternary nitrogens is 1. The van der Waals surface area contributed by atoms with Gasteiger partial charge in [0.2, 0.25) is 0 Å². The molecule has 0 aromatic heterocycles. The fraction of sp³-hybridized carbons (Fsp3) is 0.261. The first kappa shape index (κ1) is 25.7. The van der Waals surface area contributed by atoms with Crippen LogP contribution in [0.2, 0.25) is 0 Å². The molecule has 4 rings (SSSR count). The number of halogens is 1. The zero-order valence-corrected chi connectivity index (χ0v) is 19.7. The quantitative estimate of drug-likeness (QED) is 0.196. The van der Waals surface area contributed by atoms with Crippen molar-refractivity contribution < 1.29 is 41.8 Å². The Bertz CT molecular complexity index is 1180. The fourth-order valence-electron chi connectivity index (χ4n) is 3.96. The number of benzene rings is 2. The molecule has 184 valence electrons. The number of imide groups is 2. The van der Waals surface area contributed by atoms with Crippen LogP contribution in [0.5, 0.6) is 5.75 Å². The Balaban J connectivity index is 0.00000342. The first-order valence-electron chi connectivity index (χ1n) is 10.7. The number of hydrogen-bond donors (Lipinski definition) is 2. The summed E-state index contributed by atoms with van der Waals surface area (Å²) in [4.78, 5) is 52.0. The fourth-order valence-corrected chi connectivity index (χ4v) is 3.96. The third-order valence-electron chi connectivity index (χ3n) is 5.75. The monoisotopic (exact) mass is 501 g/mol. The van der Waals surface area contributed by atoms with Crippen molar-refractivity contribution in [2.75, 3.05) is 38.2 Å². The van der Waals surface area contributed by atoms with E-state index in [2.05, 4.69) is 15.5 Å². The Kier molecular flexibility index (Phi) is 8.05. The molecule has 2 fully saturated rings. The Morgan fingerprint density at radius 3 is 2.43 bits per heavy atom. The summed E-state index contributed by atoms with van der Waals surface area (Å²) < 4.78 is 5.12. The number of barbiturate groups is 1. The molecule has 3 N–H and O–H groups in total. The summed E-state index contributed by atoms with van der Waals surface area (Å²) in [6.45, 7) is 3.10. The second kappa shape index (κ2) is 11.0. The minimum atomic E-state index is -0.842. The van der Waals surface area contributed by atoms with E-state index in [1.165, 1.54) is 25.3 Å². The van der Waals surface area contributed by atoms with Gasteiger partial charge in [-0.1, -0.05) is 12.1 Å². The summed E-state index contributed by atoms with van der Waals surface area (Å²) in [5.74, 6) is -0.984. The van der Waals surface area contributed by atoms with E-state index in [0.717, 1.165) is 31.1 Å². The minimum Gasteiger partial charge on any atom is -1.00 e. The molecule has 0 unspecified atom stereocenters. The van der Waals surface area contributed by atoms with Gasteiger partial charge in [0.05, 0.1) is 44.8 Å². The van der Waals surface area contributed by atoms with Crippen molar-refractivity contribution in [2.24, 2.45) is 0 Å². The number of carbonyl (C=O) groups excluding carboxylic acids is 3. The van der Waals surface area contributed by atoms with E-state index >= 15 is 0 Å². The summed E-state index contributed by atoms with van der Waals surface area (Å²) >= 11 is 0. The van der Waals surface area contributed by atoms with E-state index < -0.39 is 22.8 Å². The Labute approximate surface area is 207 Å². The number of nitrogens with two attached hydrogens (primary N) is 1. The number of ether oxygens (including phenoxy) is 1. The zero-order chi connectivity index (χ0) is 24.2. The number of carbonyl (C=O) groups is 3. The van der Waals surface area contributed by atoms with Crippen LogP contribution in [0, 0.1) is 10.1 Å². The highest BCUT2D eigenvalue weighted by atomic mass is 35.5. The summed E-state index contributed by atoms with van der Waals surface area (Å²) in [5.41, 5.74) is 1.30. The molecule has 2 saturated heterocycles. The molecular formula is C23H24ClN5O6. The number of nitro groups is 1. The maximum absolute atomic E-state index is 13.2. The third-order valence-corrected chi connectivity index (χ3v) is 5.75. The van der Waals surface area contributed by atoms with Gasteiger partial charge in [-0.05, 0) is 29.8 Å². The number of methoxy groups -OCH3 is 1. The SMILES string of the molecule is COc1ccc(CN2C(=O)NC(=O)/C(=C/c3cc([N+](=O)[O-])ccc3N3CC[NH2+]CC3)C2=O)cc1.[Cl-]. The van der Waals surface area contributed by atoms with Crippen LogP contribution < -0.4 is 32.7 Å². The molecule has 2 aliphatic rings. The number of nitrogens with zero attached hydrogens (tertiary/aromatic N) is 3. The second-order valence-electron chi connectivity index (χ2n) is 7.91. The first-order chi connectivity index (χ1) is 16.4. The zero-order valence-electron chi connectivity index (χ0n) is 18.9. The second-order valence-corrected chi connectivity index (χ2v) is 7.91. The number of nitrogens with one attached hydrogen (secondary N) is 1. The largest absolute Gasteiger partial charge is 1.00 e. The van der Waals surface area contributed by atoms with Gasteiger partial charge in [0.25, 0.3) is 17.5 Å². The van der Waals surface area contributed by atoms with Crippen molar-refractivity contribution >= 4 is 35.3 Å². The molecule has 0 saturated carbocycles. The number of hydrogen-bond acceptors (Lipinski definition) is 7. The van der Waals surface area contributed by atoms with E-state index in [0.29, 0.717) is 22.6 Å². The van der Waals surface area contributed by atoms with E-state index in [4.69, 9.17) is 4.74 Å². The molecule has 0 radical (unpaired) electrons. The van der Waals surface area contributed by atoms with E-state index in [1.807, 2.05) is 0 Å². The van der Waals surface area contributed by atoms with Gasteiger partial charge in [0.1, 0.15) is 11.3 Å². The maximum atomic E-state index is 13.2. The number of urea groups is 1. The van der Waals surface area contributed by atoms with Crippen molar-refractivity contribution in [1.29, 1.82) is 0 Å². The summed E-state index contributed by atoms with van der Waals surface area (Å²) in [7, 11) is 1.53. The lowest BCUT2D eigenvalue weighted by atomic mass is 10.0. The number of amides is 4. The van der Waals surface area contributed by atoms with Crippen LogP contribution in [0.15, 0.2) is 48.0 Å². The van der Waals surface area contributed by atoms with Crippen molar-refractivity contribution in [2.45, 2.75) is 6.54 Å². The van der Waals surface area contributed by atoms with E-state index in [1.54, 1.807) is 30.3 Å². The Morgan fingerprint density at radius 1 is 1.11 bits per heavy atom. The topological polar surface area (TPSA) is 139 Å². The number of piperazine rings is 1. The predicted molar refractivity (Wildman–Crippen MR) is 122 cm³/mol. The molecule has 35 heavy (non-hydrogen) atoms. The van der Waals surface area contributed by atoms with Crippen LogP contribution in [0.1, 0.15) is 11.1 Å². The van der Waals surface area contributed by atoms with Crippen molar-refractivity contribution in [3.8, 4) is 5.75 Å². The minimum absolute atomic E-state index is 0. The van der Waals surface area contributed by atoms with Crippen LogP contribution in [-0.2, 0) is 16.1 Å².